The number of anilines is 1. The highest BCUT2D eigenvalue weighted by Crippen LogP contribution is 2.05. The molecule has 0 bridgehead atoms. The summed E-state index contributed by atoms with van der Waals surface area (Å²) in [6.45, 7) is 1.37. The van der Waals surface area contributed by atoms with E-state index in [1.807, 2.05) is 24.3 Å². The number of rotatable bonds is 3. The van der Waals surface area contributed by atoms with Crippen LogP contribution in [0.1, 0.15) is 5.56 Å². The van der Waals surface area contributed by atoms with Crippen LogP contribution in [0, 0.1) is 12.3 Å². The van der Waals surface area contributed by atoms with E-state index >= 15 is 0 Å². The van der Waals surface area contributed by atoms with Crippen molar-refractivity contribution in [2.24, 2.45) is 0 Å². The van der Waals surface area contributed by atoms with Gasteiger partial charge in [-0.25, -0.2) is 0 Å². The Hall–Kier alpha value is -1.46. The highest BCUT2D eigenvalue weighted by Gasteiger charge is 1.90. The molecule has 0 radical (unpaired) electrons. The van der Waals surface area contributed by atoms with Crippen molar-refractivity contribution in [3.05, 3.63) is 29.8 Å². The van der Waals surface area contributed by atoms with Gasteiger partial charge in [0.1, 0.15) is 0 Å². The van der Waals surface area contributed by atoms with E-state index in [0.29, 0.717) is 6.54 Å². The quantitative estimate of drug-likeness (QED) is 0.393. The van der Waals surface area contributed by atoms with Gasteiger partial charge in [0, 0.05) is 12.2 Å². The van der Waals surface area contributed by atoms with Crippen molar-refractivity contribution in [1.82, 2.24) is 5.32 Å². The standard InChI is InChI=1S/C10H12N2/c1-2-6-12-8-9-4-3-5-10(11)7-9/h1,3-5,7,12H,6,8,11H2. The van der Waals surface area contributed by atoms with E-state index in [0.717, 1.165) is 17.8 Å². The van der Waals surface area contributed by atoms with E-state index in [2.05, 4.69) is 11.2 Å². The molecule has 62 valence electrons. The molecule has 0 unspecified atom stereocenters. The Bertz CT molecular complexity index is 286. The first-order chi connectivity index (χ1) is 5.83. The highest BCUT2D eigenvalue weighted by molar-refractivity contribution is 5.40. The number of nitrogens with one attached hydrogen (secondary N) is 1. The van der Waals surface area contributed by atoms with Crippen molar-refractivity contribution in [2.75, 3.05) is 12.3 Å². The fourth-order valence-corrected chi connectivity index (χ4v) is 0.982. The van der Waals surface area contributed by atoms with Gasteiger partial charge in [0.05, 0.1) is 6.54 Å². The normalized spacial score (nSPS) is 9.25. The molecule has 0 heterocycles. The van der Waals surface area contributed by atoms with Crippen LogP contribution < -0.4 is 11.1 Å². The van der Waals surface area contributed by atoms with E-state index in [-0.39, 0.29) is 0 Å². The third kappa shape index (κ3) is 2.65. The lowest BCUT2D eigenvalue weighted by Gasteiger charge is -2.01. The molecule has 0 aliphatic heterocycles. The molecule has 2 heteroatoms. The Balaban J connectivity index is 2.48. The molecule has 0 fully saturated rings. The molecular formula is C10H12N2. The van der Waals surface area contributed by atoms with Gasteiger partial charge in [-0.1, -0.05) is 18.1 Å². The van der Waals surface area contributed by atoms with Crippen molar-refractivity contribution >= 4 is 5.69 Å². The predicted octanol–water partition coefficient (Wildman–Crippen LogP) is 0.992. The van der Waals surface area contributed by atoms with Crippen LogP contribution in [0.15, 0.2) is 24.3 Å². The molecule has 0 aliphatic carbocycles. The summed E-state index contributed by atoms with van der Waals surface area (Å²) in [5.41, 5.74) is 7.54. The molecule has 3 N–H and O–H groups in total. The van der Waals surface area contributed by atoms with Crippen LogP contribution in [0.2, 0.25) is 0 Å². The first-order valence-corrected chi connectivity index (χ1v) is 3.81. The van der Waals surface area contributed by atoms with Crippen LogP contribution in [-0.4, -0.2) is 6.54 Å². The Morgan fingerprint density at radius 1 is 1.50 bits per heavy atom. The maximum atomic E-state index is 5.59. The summed E-state index contributed by atoms with van der Waals surface area (Å²) in [5.74, 6) is 2.51. The minimum atomic E-state index is 0.592. The maximum absolute atomic E-state index is 5.59. The highest BCUT2D eigenvalue weighted by atomic mass is 14.8. The molecule has 0 spiro atoms. The average molecular weight is 160 g/mol. The summed E-state index contributed by atoms with van der Waals surface area (Å²) in [5, 5.41) is 3.09. The van der Waals surface area contributed by atoms with Gasteiger partial charge < -0.3 is 11.1 Å². The summed E-state index contributed by atoms with van der Waals surface area (Å²) < 4.78 is 0. The predicted molar refractivity (Wildman–Crippen MR) is 51.4 cm³/mol. The van der Waals surface area contributed by atoms with E-state index < -0.39 is 0 Å². The number of hydrogen-bond acceptors (Lipinski definition) is 2. The van der Waals surface area contributed by atoms with E-state index in [4.69, 9.17) is 12.2 Å². The van der Waals surface area contributed by atoms with E-state index in [1.54, 1.807) is 0 Å². The van der Waals surface area contributed by atoms with Crippen molar-refractivity contribution in [3.63, 3.8) is 0 Å². The van der Waals surface area contributed by atoms with Gasteiger partial charge in [0.25, 0.3) is 0 Å². The molecule has 0 aromatic heterocycles. The van der Waals surface area contributed by atoms with Crippen molar-refractivity contribution in [3.8, 4) is 12.3 Å². The number of nitrogen functional groups attached to an aromatic ring is 1. The molecular weight excluding hydrogens is 148 g/mol. The monoisotopic (exact) mass is 160 g/mol. The molecule has 0 saturated carbocycles. The summed E-state index contributed by atoms with van der Waals surface area (Å²) in [7, 11) is 0. The molecule has 0 amide bonds. The lowest BCUT2D eigenvalue weighted by molar-refractivity contribution is 0.771. The summed E-state index contributed by atoms with van der Waals surface area (Å²) in [6, 6.07) is 7.75. The minimum Gasteiger partial charge on any atom is -0.399 e. The van der Waals surface area contributed by atoms with Gasteiger partial charge in [-0.15, -0.1) is 6.42 Å². The van der Waals surface area contributed by atoms with E-state index in [1.165, 1.54) is 0 Å². The lowest BCUT2D eigenvalue weighted by atomic mass is 10.2. The van der Waals surface area contributed by atoms with Gasteiger partial charge >= 0.3 is 0 Å². The number of hydrogen-bond donors (Lipinski definition) is 2. The zero-order chi connectivity index (χ0) is 8.81. The fraction of sp³-hybridized carbons (Fsp3) is 0.200. The molecule has 2 nitrogen and oxygen atoms in total. The van der Waals surface area contributed by atoms with Gasteiger partial charge in [0.2, 0.25) is 0 Å². The van der Waals surface area contributed by atoms with Crippen LogP contribution in [0.25, 0.3) is 0 Å². The zero-order valence-electron chi connectivity index (χ0n) is 6.88. The summed E-state index contributed by atoms with van der Waals surface area (Å²) >= 11 is 0. The van der Waals surface area contributed by atoms with Crippen LogP contribution in [0.4, 0.5) is 5.69 Å². The SMILES string of the molecule is C#CCNCc1cccc(N)c1. The smallest absolute Gasteiger partial charge is 0.0576 e. The van der Waals surface area contributed by atoms with Crippen LogP contribution >= 0.6 is 0 Å². The molecule has 1 aromatic carbocycles. The average Bonchev–Trinajstić information content (AvgIpc) is 2.05. The summed E-state index contributed by atoms with van der Waals surface area (Å²) in [4.78, 5) is 0. The molecule has 1 aromatic rings. The second-order valence-corrected chi connectivity index (χ2v) is 2.55. The Morgan fingerprint density at radius 2 is 2.33 bits per heavy atom. The second kappa shape index (κ2) is 4.42. The Labute approximate surface area is 72.8 Å². The number of benzene rings is 1. The van der Waals surface area contributed by atoms with Gasteiger partial charge in [-0.2, -0.15) is 0 Å². The fourth-order valence-electron chi connectivity index (χ4n) is 0.982. The third-order valence-electron chi connectivity index (χ3n) is 1.51. The number of nitrogens with two attached hydrogens (primary N) is 1. The van der Waals surface area contributed by atoms with Crippen molar-refractivity contribution < 1.29 is 0 Å². The largest absolute Gasteiger partial charge is 0.399 e. The minimum absolute atomic E-state index is 0.592. The van der Waals surface area contributed by atoms with Crippen LogP contribution in [0.5, 0.6) is 0 Å². The topological polar surface area (TPSA) is 38.0 Å². The van der Waals surface area contributed by atoms with Crippen LogP contribution in [-0.2, 0) is 6.54 Å². The van der Waals surface area contributed by atoms with Gasteiger partial charge in [-0.3, -0.25) is 0 Å². The Kier molecular flexibility index (Phi) is 3.18. The van der Waals surface area contributed by atoms with Gasteiger partial charge in [0.15, 0.2) is 0 Å². The molecule has 0 atom stereocenters. The first kappa shape index (κ1) is 8.63. The van der Waals surface area contributed by atoms with Crippen molar-refractivity contribution in [1.29, 1.82) is 0 Å². The second-order valence-electron chi connectivity index (χ2n) is 2.55. The molecule has 0 aliphatic rings. The molecule has 0 saturated heterocycles. The maximum Gasteiger partial charge on any atom is 0.0576 e. The summed E-state index contributed by atoms with van der Waals surface area (Å²) in [6.07, 6.45) is 5.09. The molecule has 12 heavy (non-hydrogen) atoms. The zero-order valence-corrected chi connectivity index (χ0v) is 6.88. The van der Waals surface area contributed by atoms with Gasteiger partial charge in [-0.05, 0) is 17.7 Å². The van der Waals surface area contributed by atoms with Crippen LogP contribution in [0.3, 0.4) is 0 Å². The first-order valence-electron chi connectivity index (χ1n) is 3.81. The Morgan fingerprint density at radius 3 is 3.00 bits per heavy atom. The molecule has 1 rings (SSSR count). The number of terminal acetylenes is 1. The lowest BCUT2D eigenvalue weighted by Crippen LogP contribution is -2.12. The van der Waals surface area contributed by atoms with Crippen molar-refractivity contribution in [2.45, 2.75) is 6.54 Å². The van der Waals surface area contributed by atoms with E-state index in [9.17, 15) is 0 Å². The third-order valence-corrected chi connectivity index (χ3v) is 1.51.